The number of rotatable bonds is 0. The number of fused-ring (bicyclic) bond motifs is 2. The van der Waals surface area contributed by atoms with Gasteiger partial charge < -0.3 is 29.7 Å². The second-order valence-corrected chi connectivity index (χ2v) is 6.77. The largest absolute Gasteiger partial charge is 4.00 e. The first-order chi connectivity index (χ1) is 10.5. The number of halogens is 3. The van der Waals surface area contributed by atoms with E-state index in [9.17, 15) is 0 Å². The van der Waals surface area contributed by atoms with Gasteiger partial charge in [0.1, 0.15) is 0 Å². The standard InChI is InChI=1S/C15H15BrN.C5H5.2ClH.Zr/c1-8-5-11-7-13-14(15(16)12(11)6-8)9(2)10(3)17(13)4;1-2-4-5-3-1;;;/h5,7,10H,1-4H3;1-3H,4H2;2*1H;/q2*-1;;;+4/p-2. The van der Waals surface area contributed by atoms with Crippen molar-refractivity contribution in [2.75, 3.05) is 11.9 Å². The van der Waals surface area contributed by atoms with E-state index in [0.717, 1.165) is 6.42 Å². The molecule has 1 nitrogen and oxygen atoms in total. The number of allylic oxidation sites excluding steroid dienone is 5. The molecule has 1 aromatic rings. The van der Waals surface area contributed by atoms with E-state index >= 15 is 0 Å². The van der Waals surface area contributed by atoms with Crippen LogP contribution in [0, 0.1) is 12.2 Å². The summed E-state index contributed by atoms with van der Waals surface area (Å²) >= 11 is 3.76. The van der Waals surface area contributed by atoms with E-state index < -0.39 is 0 Å². The maximum absolute atomic E-state index is 3.76. The summed E-state index contributed by atoms with van der Waals surface area (Å²) in [4.78, 5) is 2.34. The van der Waals surface area contributed by atoms with E-state index in [-0.39, 0.29) is 51.0 Å². The zero-order valence-corrected chi connectivity index (χ0v) is 20.3. The van der Waals surface area contributed by atoms with Gasteiger partial charge in [0.2, 0.25) is 0 Å². The van der Waals surface area contributed by atoms with Gasteiger partial charge in [-0.3, -0.25) is 6.08 Å². The predicted octanol–water partition coefficient (Wildman–Crippen LogP) is -2.34. The summed E-state index contributed by atoms with van der Waals surface area (Å²) in [5.74, 6) is 0. The van der Waals surface area contributed by atoms with Crippen molar-refractivity contribution in [1.29, 1.82) is 0 Å². The average molecular weight is 516 g/mol. The summed E-state index contributed by atoms with van der Waals surface area (Å²) in [5.41, 5.74) is 5.18. The Hall–Kier alpha value is -0.0769. The van der Waals surface area contributed by atoms with Gasteiger partial charge in [0, 0.05) is 18.8 Å². The first-order valence-electron chi connectivity index (χ1n) is 7.61. The minimum absolute atomic E-state index is 0. The smallest absolute Gasteiger partial charge is 1.00 e. The Labute approximate surface area is 190 Å². The van der Waals surface area contributed by atoms with Gasteiger partial charge in [0.15, 0.2) is 0 Å². The summed E-state index contributed by atoms with van der Waals surface area (Å²) in [5, 5.41) is 2.64. The van der Waals surface area contributed by atoms with Gasteiger partial charge in [-0.2, -0.15) is 12.2 Å². The fourth-order valence-electron chi connectivity index (χ4n) is 3.06. The predicted molar refractivity (Wildman–Crippen MR) is 97.9 cm³/mol. The van der Waals surface area contributed by atoms with E-state index in [1.807, 2.05) is 12.2 Å². The fourth-order valence-corrected chi connectivity index (χ4v) is 3.91. The molecule has 1 unspecified atom stereocenters. The van der Waals surface area contributed by atoms with Crippen LogP contribution in [0.4, 0.5) is 5.69 Å². The molecule has 1 heterocycles. The van der Waals surface area contributed by atoms with E-state index in [4.69, 9.17) is 0 Å². The number of anilines is 1. The van der Waals surface area contributed by atoms with Crippen LogP contribution in [0.1, 0.15) is 32.8 Å². The van der Waals surface area contributed by atoms with E-state index in [0.29, 0.717) is 6.04 Å². The number of hydrogen-bond acceptors (Lipinski definition) is 1. The van der Waals surface area contributed by atoms with Gasteiger partial charge in [-0.1, -0.05) is 18.6 Å². The first-order valence-corrected chi connectivity index (χ1v) is 8.40. The van der Waals surface area contributed by atoms with Crippen LogP contribution in [0.2, 0.25) is 0 Å². The minimum Gasteiger partial charge on any atom is -1.00 e. The number of benzene rings is 1. The Morgan fingerprint density at radius 2 is 1.92 bits per heavy atom. The van der Waals surface area contributed by atoms with Crippen molar-refractivity contribution in [2.45, 2.75) is 33.2 Å². The molecular weight excluding hydrogens is 496 g/mol. The van der Waals surface area contributed by atoms with Crippen LogP contribution in [-0.2, 0) is 26.2 Å². The molecule has 3 aliphatic rings. The molecular formula is C20H20BrCl2NZr. The third-order valence-corrected chi connectivity index (χ3v) is 5.33. The molecule has 2 aliphatic carbocycles. The summed E-state index contributed by atoms with van der Waals surface area (Å²) in [6.07, 6.45) is 15.6. The molecule has 0 radical (unpaired) electrons. The number of nitrogens with zero attached hydrogens (tertiary/aromatic N) is 1. The zero-order chi connectivity index (χ0) is 15.9. The van der Waals surface area contributed by atoms with Crippen LogP contribution in [-0.4, -0.2) is 13.1 Å². The van der Waals surface area contributed by atoms with Crippen molar-refractivity contribution in [3.8, 4) is 0 Å². The van der Waals surface area contributed by atoms with Crippen LogP contribution in [0.5, 0.6) is 0 Å². The van der Waals surface area contributed by atoms with Crippen LogP contribution in [0.25, 0.3) is 11.6 Å². The van der Waals surface area contributed by atoms with Gasteiger partial charge in [0.25, 0.3) is 0 Å². The Morgan fingerprint density at radius 3 is 2.44 bits per heavy atom. The topological polar surface area (TPSA) is 3.24 Å². The van der Waals surface area contributed by atoms with Crippen LogP contribution >= 0.6 is 15.9 Å². The molecule has 25 heavy (non-hydrogen) atoms. The van der Waals surface area contributed by atoms with Gasteiger partial charge in [-0.25, -0.2) is 12.2 Å². The molecule has 0 fully saturated rings. The third kappa shape index (κ3) is 4.80. The zero-order valence-electron chi connectivity index (χ0n) is 14.8. The third-order valence-electron chi connectivity index (χ3n) is 4.54. The van der Waals surface area contributed by atoms with Crippen molar-refractivity contribution in [3.63, 3.8) is 0 Å². The molecule has 130 valence electrons. The molecule has 0 saturated carbocycles. The Morgan fingerprint density at radius 1 is 1.24 bits per heavy atom. The first kappa shape index (κ1) is 24.9. The van der Waals surface area contributed by atoms with Crippen LogP contribution in [0.3, 0.4) is 0 Å². The molecule has 1 atom stereocenters. The molecule has 0 spiro atoms. The van der Waals surface area contributed by atoms with Crippen molar-refractivity contribution in [2.24, 2.45) is 0 Å². The molecule has 0 saturated heterocycles. The Bertz CT molecular complexity index is 830. The molecule has 0 amide bonds. The SMILES string of the molecule is CC1=[C-]c2c(Br)c3c(cc2=C1)N(C)C(C)C=3C.[C-]1=CC=CC1.[Cl-].[Cl-].[Zr+4]. The molecule has 0 aromatic heterocycles. The van der Waals surface area contributed by atoms with Gasteiger partial charge in [-0.15, -0.1) is 44.8 Å². The molecule has 0 bridgehead atoms. The summed E-state index contributed by atoms with van der Waals surface area (Å²) < 4.78 is 1.20. The fraction of sp³-hybridized carbons (Fsp3) is 0.300. The normalized spacial score (nSPS) is 18.0. The Kier molecular flexibility index (Phi) is 10.3. The van der Waals surface area contributed by atoms with Crippen molar-refractivity contribution in [3.05, 3.63) is 62.5 Å². The summed E-state index contributed by atoms with van der Waals surface area (Å²) in [7, 11) is 2.16. The molecule has 4 rings (SSSR count). The van der Waals surface area contributed by atoms with E-state index in [2.05, 4.69) is 79.0 Å². The quantitative estimate of drug-likeness (QED) is 0.350. The van der Waals surface area contributed by atoms with E-state index in [1.165, 1.54) is 37.3 Å². The van der Waals surface area contributed by atoms with Gasteiger partial charge >= 0.3 is 26.2 Å². The molecule has 0 N–H and O–H groups in total. The van der Waals surface area contributed by atoms with Gasteiger partial charge in [-0.05, 0) is 23.5 Å². The van der Waals surface area contributed by atoms with Crippen LogP contribution in [0.15, 0.2) is 34.3 Å². The summed E-state index contributed by atoms with van der Waals surface area (Å²) in [6, 6.07) is 2.76. The molecule has 1 aliphatic heterocycles. The van der Waals surface area contributed by atoms with E-state index in [1.54, 1.807) is 0 Å². The molecule has 1 aromatic carbocycles. The van der Waals surface area contributed by atoms with Crippen molar-refractivity contribution in [1.82, 2.24) is 0 Å². The maximum Gasteiger partial charge on any atom is 4.00 e. The summed E-state index contributed by atoms with van der Waals surface area (Å²) in [6.45, 7) is 6.57. The second-order valence-electron chi connectivity index (χ2n) is 5.97. The Balaban J connectivity index is 0.000000630. The van der Waals surface area contributed by atoms with Crippen LogP contribution < -0.4 is 40.2 Å². The monoisotopic (exact) mass is 513 g/mol. The second kappa shape index (κ2) is 10.3. The molecule has 5 heteroatoms. The van der Waals surface area contributed by atoms with Crippen molar-refractivity contribution >= 4 is 33.3 Å². The van der Waals surface area contributed by atoms with Gasteiger partial charge in [0.05, 0.1) is 0 Å². The minimum atomic E-state index is 0. The van der Waals surface area contributed by atoms with Crippen molar-refractivity contribution < 1.29 is 51.0 Å². The average Bonchev–Trinajstić information content (AvgIpc) is 3.20. The number of hydrogen-bond donors (Lipinski definition) is 0. The maximum atomic E-state index is 3.76.